The van der Waals surface area contributed by atoms with Gasteiger partial charge in [-0.3, -0.25) is 0 Å². The number of ether oxygens (including phenoxy) is 2. The van der Waals surface area contributed by atoms with Crippen LogP contribution in [0.3, 0.4) is 0 Å². The Bertz CT molecular complexity index is 385. The average molecular weight is 206 g/mol. The van der Waals surface area contributed by atoms with E-state index in [0.717, 1.165) is 41.8 Å². The van der Waals surface area contributed by atoms with Crippen molar-refractivity contribution in [2.75, 3.05) is 14.2 Å². The van der Waals surface area contributed by atoms with E-state index in [-0.39, 0.29) is 5.92 Å². The van der Waals surface area contributed by atoms with Gasteiger partial charge in [0.2, 0.25) is 0 Å². The molecule has 0 radical (unpaired) electrons. The number of carbonyl (C=O) groups excluding carboxylic acids is 1. The van der Waals surface area contributed by atoms with Gasteiger partial charge in [-0.2, -0.15) is 0 Å². The first kappa shape index (κ1) is 10.0. The molecule has 0 saturated carbocycles. The fraction of sp³-hybridized carbons (Fsp3) is 0.417. The lowest BCUT2D eigenvalue weighted by Crippen LogP contribution is -1.97. The van der Waals surface area contributed by atoms with E-state index in [2.05, 4.69) is 0 Å². The van der Waals surface area contributed by atoms with Crippen LogP contribution in [-0.2, 0) is 11.2 Å². The maximum absolute atomic E-state index is 10.9. The second-order valence-corrected chi connectivity index (χ2v) is 3.65. The van der Waals surface area contributed by atoms with Crippen molar-refractivity contribution in [1.29, 1.82) is 0 Å². The Morgan fingerprint density at radius 3 is 2.73 bits per heavy atom. The average Bonchev–Trinajstić information content (AvgIpc) is 2.70. The molecule has 0 heterocycles. The molecule has 0 bridgehead atoms. The zero-order valence-corrected chi connectivity index (χ0v) is 8.95. The summed E-state index contributed by atoms with van der Waals surface area (Å²) in [7, 11) is 3.25. The highest BCUT2D eigenvalue weighted by atomic mass is 16.5. The van der Waals surface area contributed by atoms with E-state index in [1.165, 1.54) is 0 Å². The van der Waals surface area contributed by atoms with Gasteiger partial charge in [0.15, 0.2) is 11.5 Å². The predicted molar refractivity (Wildman–Crippen MR) is 56.7 cm³/mol. The zero-order chi connectivity index (χ0) is 10.8. The number of methoxy groups -OCH3 is 2. The number of hydrogen-bond acceptors (Lipinski definition) is 3. The van der Waals surface area contributed by atoms with Crippen LogP contribution < -0.4 is 9.47 Å². The molecule has 1 aromatic rings. The molecular formula is C12H14O3. The molecule has 1 atom stereocenters. The molecule has 80 valence electrons. The molecular weight excluding hydrogens is 192 g/mol. The van der Waals surface area contributed by atoms with Crippen molar-refractivity contribution in [3.8, 4) is 11.5 Å². The van der Waals surface area contributed by atoms with Gasteiger partial charge in [0.1, 0.15) is 6.29 Å². The van der Waals surface area contributed by atoms with Gasteiger partial charge in [-0.25, -0.2) is 0 Å². The summed E-state index contributed by atoms with van der Waals surface area (Å²) in [5, 5.41) is 0. The molecule has 1 aromatic carbocycles. The molecule has 0 N–H and O–H groups in total. The highest BCUT2D eigenvalue weighted by molar-refractivity contribution is 5.68. The summed E-state index contributed by atoms with van der Waals surface area (Å²) in [6.45, 7) is 0. The summed E-state index contributed by atoms with van der Waals surface area (Å²) in [6.07, 6.45) is 2.78. The molecule has 0 amide bonds. The molecule has 0 spiro atoms. The lowest BCUT2D eigenvalue weighted by molar-refractivity contribution is -0.109. The number of rotatable bonds is 3. The molecule has 0 fully saturated rings. The van der Waals surface area contributed by atoms with Gasteiger partial charge in [-0.05, 0) is 24.5 Å². The summed E-state index contributed by atoms with van der Waals surface area (Å²) in [6, 6.07) is 3.82. The summed E-state index contributed by atoms with van der Waals surface area (Å²) in [5.74, 6) is 1.54. The number of aldehydes is 1. The van der Waals surface area contributed by atoms with Crippen LogP contribution in [-0.4, -0.2) is 20.5 Å². The number of fused-ring (bicyclic) bond motifs is 1. The van der Waals surface area contributed by atoms with Gasteiger partial charge in [-0.15, -0.1) is 0 Å². The van der Waals surface area contributed by atoms with Crippen molar-refractivity contribution in [3.05, 3.63) is 23.3 Å². The van der Waals surface area contributed by atoms with Crippen LogP contribution in [0.15, 0.2) is 12.1 Å². The standard InChI is InChI=1S/C12H14O3/c1-14-11-6-5-9-8(7-13)3-4-10(9)12(11)15-2/h5-8H,3-4H2,1-2H3. The predicted octanol–water partition coefficient (Wildman–Crippen LogP) is 1.93. The Balaban J connectivity index is 2.53. The van der Waals surface area contributed by atoms with Crippen molar-refractivity contribution in [1.82, 2.24) is 0 Å². The number of hydrogen-bond donors (Lipinski definition) is 0. The van der Waals surface area contributed by atoms with Crippen molar-refractivity contribution in [2.24, 2.45) is 0 Å². The van der Waals surface area contributed by atoms with E-state index in [0.29, 0.717) is 0 Å². The highest BCUT2D eigenvalue weighted by Crippen LogP contribution is 2.42. The summed E-state index contributed by atoms with van der Waals surface area (Å²) in [5.41, 5.74) is 2.21. The van der Waals surface area contributed by atoms with Crippen molar-refractivity contribution >= 4 is 6.29 Å². The van der Waals surface area contributed by atoms with Gasteiger partial charge in [-0.1, -0.05) is 6.07 Å². The Morgan fingerprint density at radius 1 is 1.33 bits per heavy atom. The molecule has 1 aliphatic carbocycles. The summed E-state index contributed by atoms with van der Waals surface area (Å²) < 4.78 is 10.5. The number of benzene rings is 1. The normalized spacial score (nSPS) is 18.4. The fourth-order valence-corrected chi connectivity index (χ4v) is 2.21. The maximum Gasteiger partial charge on any atom is 0.164 e. The van der Waals surface area contributed by atoms with Crippen LogP contribution in [0.2, 0.25) is 0 Å². The first-order valence-electron chi connectivity index (χ1n) is 5.00. The molecule has 15 heavy (non-hydrogen) atoms. The SMILES string of the molecule is COc1ccc2c(c1OC)CCC2C=O. The zero-order valence-electron chi connectivity index (χ0n) is 8.95. The van der Waals surface area contributed by atoms with Gasteiger partial charge in [0, 0.05) is 11.5 Å². The summed E-state index contributed by atoms with van der Waals surface area (Å²) in [4.78, 5) is 10.9. The van der Waals surface area contributed by atoms with Gasteiger partial charge in [0.05, 0.1) is 14.2 Å². The van der Waals surface area contributed by atoms with Gasteiger partial charge >= 0.3 is 0 Å². The fourth-order valence-electron chi connectivity index (χ4n) is 2.21. The molecule has 0 saturated heterocycles. The second-order valence-electron chi connectivity index (χ2n) is 3.65. The van der Waals surface area contributed by atoms with E-state index in [1.54, 1.807) is 14.2 Å². The minimum atomic E-state index is 0.0276. The third kappa shape index (κ3) is 1.48. The van der Waals surface area contributed by atoms with Gasteiger partial charge in [0.25, 0.3) is 0 Å². The van der Waals surface area contributed by atoms with E-state index >= 15 is 0 Å². The largest absolute Gasteiger partial charge is 0.493 e. The monoisotopic (exact) mass is 206 g/mol. The molecule has 2 rings (SSSR count). The smallest absolute Gasteiger partial charge is 0.164 e. The first-order chi connectivity index (χ1) is 7.31. The van der Waals surface area contributed by atoms with Crippen molar-refractivity contribution in [2.45, 2.75) is 18.8 Å². The van der Waals surface area contributed by atoms with Crippen LogP contribution in [0.25, 0.3) is 0 Å². The van der Waals surface area contributed by atoms with Crippen LogP contribution >= 0.6 is 0 Å². The Morgan fingerprint density at radius 2 is 2.13 bits per heavy atom. The van der Waals surface area contributed by atoms with Crippen LogP contribution in [0.5, 0.6) is 11.5 Å². The Hall–Kier alpha value is -1.51. The minimum absolute atomic E-state index is 0.0276. The third-order valence-corrected chi connectivity index (χ3v) is 2.95. The summed E-state index contributed by atoms with van der Waals surface area (Å²) >= 11 is 0. The molecule has 0 aromatic heterocycles. The third-order valence-electron chi connectivity index (χ3n) is 2.95. The minimum Gasteiger partial charge on any atom is -0.493 e. The maximum atomic E-state index is 10.9. The number of carbonyl (C=O) groups is 1. The Kier molecular flexibility index (Phi) is 2.62. The second kappa shape index (κ2) is 3.93. The topological polar surface area (TPSA) is 35.5 Å². The van der Waals surface area contributed by atoms with Gasteiger partial charge < -0.3 is 14.3 Å². The molecule has 1 unspecified atom stereocenters. The Labute approximate surface area is 89.0 Å². The van der Waals surface area contributed by atoms with Crippen LogP contribution in [0, 0.1) is 0 Å². The van der Waals surface area contributed by atoms with E-state index in [4.69, 9.17) is 9.47 Å². The van der Waals surface area contributed by atoms with E-state index in [9.17, 15) is 4.79 Å². The molecule has 0 aliphatic heterocycles. The lowest BCUT2D eigenvalue weighted by atomic mass is 10.0. The molecule has 1 aliphatic rings. The van der Waals surface area contributed by atoms with Crippen LogP contribution in [0.4, 0.5) is 0 Å². The van der Waals surface area contributed by atoms with Crippen molar-refractivity contribution < 1.29 is 14.3 Å². The quantitative estimate of drug-likeness (QED) is 0.709. The van der Waals surface area contributed by atoms with E-state index < -0.39 is 0 Å². The molecule has 3 heteroatoms. The molecule has 3 nitrogen and oxygen atoms in total. The first-order valence-corrected chi connectivity index (χ1v) is 5.00. The van der Waals surface area contributed by atoms with Crippen molar-refractivity contribution in [3.63, 3.8) is 0 Å². The highest BCUT2D eigenvalue weighted by Gasteiger charge is 2.26. The van der Waals surface area contributed by atoms with Crippen LogP contribution in [0.1, 0.15) is 23.5 Å². The van der Waals surface area contributed by atoms with E-state index in [1.807, 2.05) is 12.1 Å². The lowest BCUT2D eigenvalue weighted by Gasteiger charge is -2.12.